The molecule has 6 rings (SSSR count). The molecule has 198 valence electrons. The van der Waals surface area contributed by atoms with Gasteiger partial charge in [0.05, 0.1) is 39.6 Å². The van der Waals surface area contributed by atoms with E-state index in [0.29, 0.717) is 12.1 Å². The fourth-order valence-corrected chi connectivity index (χ4v) is 6.30. The van der Waals surface area contributed by atoms with Crippen LogP contribution in [-0.4, -0.2) is 41.7 Å². The molecule has 3 heterocycles. The number of benzene rings is 2. The summed E-state index contributed by atoms with van der Waals surface area (Å²) in [6, 6.07) is 10.5. The van der Waals surface area contributed by atoms with Crippen molar-refractivity contribution < 1.29 is 14.3 Å². The number of halogens is 2. The minimum absolute atomic E-state index is 0.0146. The van der Waals surface area contributed by atoms with Crippen LogP contribution < -0.4 is 4.90 Å². The van der Waals surface area contributed by atoms with Crippen molar-refractivity contribution in [3.63, 3.8) is 0 Å². The topological polar surface area (TPSA) is 89.1 Å². The molecule has 8 nitrogen and oxygen atoms in total. The number of aromatic nitrogens is 5. The smallest absolute Gasteiger partial charge is 0.227 e. The lowest BCUT2D eigenvalue weighted by atomic mass is 9.92. The van der Waals surface area contributed by atoms with Gasteiger partial charge < -0.3 is 14.6 Å². The molecule has 2 aromatic carbocycles. The number of carbonyl (C=O) groups excluding carboxylic acids is 1. The average molecular weight is 537 g/mol. The second-order valence-corrected chi connectivity index (χ2v) is 10.8. The Balaban J connectivity index is 1.51. The van der Waals surface area contributed by atoms with Crippen molar-refractivity contribution in [3.05, 3.63) is 58.8 Å². The first-order valence-electron chi connectivity index (χ1n) is 13.2. The number of amides is 1. The van der Waals surface area contributed by atoms with Gasteiger partial charge in [-0.25, -0.2) is 14.1 Å². The summed E-state index contributed by atoms with van der Waals surface area (Å²) in [5, 5.41) is 18.5. The highest BCUT2D eigenvalue weighted by Crippen LogP contribution is 2.42. The highest BCUT2D eigenvalue weighted by Gasteiger charge is 2.36. The van der Waals surface area contributed by atoms with Crippen LogP contribution >= 0.6 is 11.6 Å². The molecule has 2 aliphatic rings. The van der Waals surface area contributed by atoms with Crippen molar-refractivity contribution in [3.8, 4) is 11.3 Å². The van der Waals surface area contributed by atoms with Crippen LogP contribution in [0.3, 0.4) is 0 Å². The molecular formula is C28H30ClFN6O2. The van der Waals surface area contributed by atoms with Crippen LogP contribution in [0.15, 0.2) is 36.4 Å². The van der Waals surface area contributed by atoms with E-state index < -0.39 is 5.82 Å². The maximum Gasteiger partial charge on any atom is 0.227 e. The van der Waals surface area contributed by atoms with E-state index in [1.54, 1.807) is 15.6 Å². The molecule has 1 saturated heterocycles. The van der Waals surface area contributed by atoms with Crippen molar-refractivity contribution in [2.45, 2.75) is 70.1 Å². The number of rotatable bonds is 4. The Morgan fingerprint density at radius 3 is 2.58 bits per heavy atom. The summed E-state index contributed by atoms with van der Waals surface area (Å²) in [6.45, 7) is 1.93. The normalized spacial score (nSPS) is 22.4. The molecular weight excluding hydrogens is 507 g/mol. The largest absolute Gasteiger partial charge is 0.393 e. The zero-order chi connectivity index (χ0) is 26.6. The van der Waals surface area contributed by atoms with E-state index in [-0.39, 0.29) is 29.1 Å². The van der Waals surface area contributed by atoms with Gasteiger partial charge in [-0.2, -0.15) is 0 Å². The summed E-state index contributed by atoms with van der Waals surface area (Å²) < 4.78 is 18.0. The van der Waals surface area contributed by atoms with E-state index in [0.717, 1.165) is 72.3 Å². The third kappa shape index (κ3) is 4.27. The van der Waals surface area contributed by atoms with Crippen LogP contribution in [0.2, 0.25) is 5.02 Å². The van der Waals surface area contributed by atoms with Crippen molar-refractivity contribution in [2.24, 2.45) is 7.05 Å². The summed E-state index contributed by atoms with van der Waals surface area (Å²) in [5.41, 5.74) is 5.14. The van der Waals surface area contributed by atoms with Crippen molar-refractivity contribution >= 4 is 34.2 Å². The Morgan fingerprint density at radius 1 is 1.08 bits per heavy atom. The summed E-state index contributed by atoms with van der Waals surface area (Å²) in [7, 11) is 1.87. The van der Waals surface area contributed by atoms with Crippen molar-refractivity contribution in [2.75, 3.05) is 4.90 Å². The van der Waals surface area contributed by atoms with Crippen molar-refractivity contribution in [1.82, 2.24) is 24.5 Å². The van der Waals surface area contributed by atoms with E-state index >= 15 is 0 Å². The lowest BCUT2D eigenvalue weighted by Crippen LogP contribution is -2.40. The van der Waals surface area contributed by atoms with Crippen LogP contribution in [0.25, 0.3) is 22.3 Å². The van der Waals surface area contributed by atoms with Crippen molar-refractivity contribution in [1.29, 1.82) is 0 Å². The predicted octanol–water partition coefficient (Wildman–Crippen LogP) is 5.67. The van der Waals surface area contributed by atoms with E-state index in [9.17, 15) is 14.3 Å². The van der Waals surface area contributed by atoms with Gasteiger partial charge in [0, 0.05) is 30.8 Å². The Kier molecular flexibility index (Phi) is 6.44. The monoisotopic (exact) mass is 536 g/mol. The lowest BCUT2D eigenvalue weighted by molar-refractivity contribution is -0.120. The predicted molar refractivity (Wildman–Crippen MR) is 143 cm³/mol. The number of aliphatic hydroxyl groups is 1. The first-order chi connectivity index (χ1) is 18.3. The van der Waals surface area contributed by atoms with E-state index in [2.05, 4.69) is 33.1 Å². The number of aliphatic hydroxyl groups excluding tert-OH is 1. The molecule has 10 heteroatoms. The first-order valence-corrected chi connectivity index (χ1v) is 13.5. The van der Waals surface area contributed by atoms with Gasteiger partial charge in [0.15, 0.2) is 0 Å². The molecule has 0 bridgehead atoms. The number of aryl methyl sites for hydroxylation is 2. The SMILES string of the molecule is Cc1nnn(C)c1-c1ccc2c(c1)nc([C@@H]1CCCC(=O)N1c1ccc(F)c(Cl)c1)n2[C@H]1CC[C@H](O)CC1. The molecule has 1 aliphatic heterocycles. The summed E-state index contributed by atoms with van der Waals surface area (Å²) in [5.74, 6) is 0.266. The Bertz CT molecular complexity index is 1500. The van der Waals surface area contributed by atoms with Gasteiger partial charge in [-0.15, -0.1) is 5.10 Å². The Morgan fingerprint density at radius 2 is 1.87 bits per heavy atom. The second kappa shape index (κ2) is 9.78. The van der Waals surface area contributed by atoms with E-state index in [4.69, 9.17) is 16.6 Å². The molecule has 1 aliphatic carbocycles. The Labute approximate surface area is 225 Å². The highest BCUT2D eigenvalue weighted by molar-refractivity contribution is 6.31. The fraction of sp³-hybridized carbons (Fsp3) is 0.429. The summed E-state index contributed by atoms with van der Waals surface area (Å²) in [4.78, 5) is 20.2. The standard InChI is InChI=1S/C28H30ClFN6O2/c1-16-27(34(2)33-32-16)17-6-13-24-23(14-17)31-28(36(24)18-7-10-20(37)11-8-18)25-4-3-5-26(38)35(25)19-9-12-22(30)21(29)15-19/h6,9,12-15,18,20,25,37H,3-5,7-8,10-11H2,1-2H3/t18-,20-,25-/m0/s1. The third-order valence-electron chi connectivity index (χ3n) is 7.94. The molecule has 2 aromatic heterocycles. The third-order valence-corrected chi connectivity index (χ3v) is 8.23. The van der Waals surface area contributed by atoms with Crippen LogP contribution in [0, 0.1) is 12.7 Å². The number of hydrogen-bond donors (Lipinski definition) is 1. The molecule has 0 spiro atoms. The molecule has 1 amide bonds. The fourth-order valence-electron chi connectivity index (χ4n) is 6.13. The summed E-state index contributed by atoms with van der Waals surface area (Å²) >= 11 is 6.13. The van der Waals surface area contributed by atoms with Gasteiger partial charge >= 0.3 is 0 Å². The second-order valence-electron chi connectivity index (χ2n) is 10.4. The minimum Gasteiger partial charge on any atom is -0.393 e. The maximum absolute atomic E-state index is 14.0. The number of fused-ring (bicyclic) bond motifs is 1. The average Bonchev–Trinajstić information content (AvgIpc) is 3.45. The van der Waals surface area contributed by atoms with Gasteiger partial charge in [-0.1, -0.05) is 22.9 Å². The first kappa shape index (κ1) is 25.0. The maximum atomic E-state index is 14.0. The number of hydrogen-bond acceptors (Lipinski definition) is 5. The van der Waals surface area contributed by atoms with Gasteiger partial charge in [0.1, 0.15) is 11.6 Å². The van der Waals surface area contributed by atoms with Crippen LogP contribution in [0.5, 0.6) is 0 Å². The van der Waals surface area contributed by atoms with E-state index in [1.807, 2.05) is 14.0 Å². The zero-order valence-electron chi connectivity index (χ0n) is 21.4. The Hall–Kier alpha value is -3.30. The number of imidazole rings is 1. The highest BCUT2D eigenvalue weighted by atomic mass is 35.5. The molecule has 38 heavy (non-hydrogen) atoms. The molecule has 1 saturated carbocycles. The zero-order valence-corrected chi connectivity index (χ0v) is 22.2. The summed E-state index contributed by atoms with van der Waals surface area (Å²) in [6.07, 6.45) is 4.71. The molecule has 0 unspecified atom stereocenters. The van der Waals surface area contributed by atoms with Gasteiger partial charge in [-0.3, -0.25) is 4.79 Å². The van der Waals surface area contributed by atoms with Crippen LogP contribution in [0.1, 0.15) is 68.5 Å². The quantitative estimate of drug-likeness (QED) is 0.363. The number of anilines is 1. The van der Waals surface area contributed by atoms with Gasteiger partial charge in [0.25, 0.3) is 0 Å². The molecule has 1 atom stereocenters. The molecule has 2 fully saturated rings. The number of piperidine rings is 1. The molecule has 4 aromatic rings. The molecule has 0 radical (unpaired) electrons. The van der Waals surface area contributed by atoms with E-state index in [1.165, 1.54) is 12.1 Å². The number of nitrogens with zero attached hydrogens (tertiary/aromatic N) is 6. The lowest BCUT2D eigenvalue weighted by Gasteiger charge is -2.37. The van der Waals surface area contributed by atoms with Crippen LogP contribution in [-0.2, 0) is 11.8 Å². The van der Waals surface area contributed by atoms with Gasteiger partial charge in [-0.05, 0) is 75.8 Å². The number of carbonyl (C=O) groups is 1. The van der Waals surface area contributed by atoms with Crippen LogP contribution in [0.4, 0.5) is 10.1 Å². The molecule has 1 N–H and O–H groups in total. The minimum atomic E-state index is -0.517. The van der Waals surface area contributed by atoms with Gasteiger partial charge in [0.2, 0.25) is 5.91 Å².